The Hall–Kier alpha value is -2.75. The Morgan fingerprint density at radius 3 is 2.90 bits per heavy atom. The maximum absolute atomic E-state index is 11.2. The first-order chi connectivity index (χ1) is 10.2. The van der Waals surface area contributed by atoms with Gasteiger partial charge in [-0.3, -0.25) is 14.8 Å². The van der Waals surface area contributed by atoms with Gasteiger partial charge in [0.1, 0.15) is 6.33 Å². The van der Waals surface area contributed by atoms with Crippen LogP contribution in [0.5, 0.6) is 0 Å². The fraction of sp³-hybridized carbons (Fsp3) is 0.364. The van der Waals surface area contributed by atoms with E-state index in [1.54, 1.807) is 23.3 Å². The number of carbonyl (C=O) groups is 1. The van der Waals surface area contributed by atoms with Crippen molar-refractivity contribution in [3.05, 3.63) is 18.7 Å². The molecule has 3 rings (SSSR count). The Bertz CT molecular complexity index is 627. The van der Waals surface area contributed by atoms with E-state index in [0.717, 1.165) is 6.42 Å². The number of nitrogens with one attached hydrogen (secondary N) is 3. The molecule has 1 fully saturated rings. The molecule has 1 aliphatic heterocycles. The van der Waals surface area contributed by atoms with Gasteiger partial charge in [0.15, 0.2) is 0 Å². The number of hydrogen-bond donors (Lipinski definition) is 4. The highest BCUT2D eigenvalue weighted by molar-refractivity contribution is 5.78. The summed E-state index contributed by atoms with van der Waals surface area (Å²) >= 11 is 0. The molecule has 2 aromatic heterocycles. The molecule has 3 heterocycles. The van der Waals surface area contributed by atoms with Crippen molar-refractivity contribution < 1.29 is 4.79 Å². The number of carbonyl (C=O) groups excluding carboxylic acids is 1. The molecule has 1 saturated heterocycles. The fourth-order valence-corrected chi connectivity index (χ4v) is 2.05. The van der Waals surface area contributed by atoms with E-state index in [1.165, 1.54) is 0 Å². The van der Waals surface area contributed by atoms with Gasteiger partial charge in [-0.05, 0) is 6.42 Å². The fourth-order valence-electron chi connectivity index (χ4n) is 2.05. The summed E-state index contributed by atoms with van der Waals surface area (Å²) in [5.74, 6) is 6.45. The molecule has 2 aromatic rings. The molecule has 10 nitrogen and oxygen atoms in total. The van der Waals surface area contributed by atoms with Crippen molar-refractivity contribution in [1.82, 2.24) is 29.8 Å². The molecule has 5 N–H and O–H groups in total. The molecule has 1 amide bonds. The molecule has 1 aliphatic rings. The summed E-state index contributed by atoms with van der Waals surface area (Å²) < 4.78 is 1.64. The summed E-state index contributed by atoms with van der Waals surface area (Å²) in [6.45, 7) is 0.545. The summed E-state index contributed by atoms with van der Waals surface area (Å²) in [6.07, 6.45) is 6.28. The molecule has 0 spiro atoms. The third-order valence-electron chi connectivity index (χ3n) is 3.08. The monoisotopic (exact) mass is 289 g/mol. The van der Waals surface area contributed by atoms with Gasteiger partial charge in [0.25, 0.3) is 0 Å². The van der Waals surface area contributed by atoms with Crippen LogP contribution in [-0.4, -0.2) is 43.0 Å². The van der Waals surface area contributed by atoms with E-state index in [2.05, 4.69) is 36.0 Å². The summed E-state index contributed by atoms with van der Waals surface area (Å²) in [6, 6.07) is 0.0836. The van der Waals surface area contributed by atoms with Crippen molar-refractivity contribution in [2.45, 2.75) is 18.9 Å². The summed E-state index contributed by atoms with van der Waals surface area (Å²) in [4.78, 5) is 27.7. The number of rotatable bonds is 5. The van der Waals surface area contributed by atoms with Gasteiger partial charge in [0, 0.05) is 31.4 Å². The van der Waals surface area contributed by atoms with E-state index < -0.39 is 0 Å². The van der Waals surface area contributed by atoms with E-state index in [-0.39, 0.29) is 17.9 Å². The number of amides is 1. The molecule has 1 atom stereocenters. The number of nitrogens with zero attached hydrogens (tertiary/aromatic N) is 5. The number of hydrogen-bond acceptors (Lipinski definition) is 8. The van der Waals surface area contributed by atoms with Gasteiger partial charge in [-0.15, -0.1) is 0 Å². The second-order valence-electron chi connectivity index (χ2n) is 4.58. The first-order valence-electron chi connectivity index (χ1n) is 6.49. The second kappa shape index (κ2) is 5.71. The minimum Gasteiger partial charge on any atom is -0.352 e. The Morgan fingerprint density at radius 1 is 1.38 bits per heavy atom. The van der Waals surface area contributed by atoms with Gasteiger partial charge < -0.3 is 10.6 Å². The minimum atomic E-state index is 0.0702. The highest BCUT2D eigenvalue weighted by Crippen LogP contribution is 2.10. The maximum atomic E-state index is 11.2. The van der Waals surface area contributed by atoms with E-state index >= 15 is 0 Å². The van der Waals surface area contributed by atoms with E-state index in [1.807, 2.05) is 0 Å². The third kappa shape index (κ3) is 3.05. The van der Waals surface area contributed by atoms with Crippen molar-refractivity contribution in [3.8, 4) is 5.95 Å². The van der Waals surface area contributed by atoms with Crippen LogP contribution in [0.25, 0.3) is 5.95 Å². The topological polar surface area (TPSA) is 136 Å². The molecule has 0 saturated carbocycles. The van der Waals surface area contributed by atoms with Crippen LogP contribution in [0.2, 0.25) is 0 Å². The van der Waals surface area contributed by atoms with Crippen LogP contribution in [0.3, 0.4) is 0 Å². The molecule has 21 heavy (non-hydrogen) atoms. The average Bonchev–Trinajstić information content (AvgIpc) is 3.16. The van der Waals surface area contributed by atoms with Crippen molar-refractivity contribution in [3.63, 3.8) is 0 Å². The molecular formula is C11H15N9O. The van der Waals surface area contributed by atoms with Crippen LogP contribution in [-0.2, 0) is 4.79 Å². The molecule has 0 bridgehead atoms. The van der Waals surface area contributed by atoms with Crippen LogP contribution in [0.1, 0.15) is 12.8 Å². The SMILES string of the molecule is NNc1nc(NCC2CCC(=O)N2)nc(-n2ccnc2)n1. The number of imidazole rings is 1. The first-order valence-corrected chi connectivity index (χ1v) is 6.49. The van der Waals surface area contributed by atoms with Crippen molar-refractivity contribution in [2.24, 2.45) is 5.84 Å². The van der Waals surface area contributed by atoms with Gasteiger partial charge in [-0.2, -0.15) is 15.0 Å². The normalized spacial score (nSPS) is 17.6. The number of anilines is 2. The average molecular weight is 289 g/mol. The largest absolute Gasteiger partial charge is 0.352 e. The number of hydrazine groups is 1. The zero-order valence-corrected chi connectivity index (χ0v) is 11.2. The zero-order chi connectivity index (χ0) is 14.7. The predicted molar refractivity (Wildman–Crippen MR) is 74.4 cm³/mol. The summed E-state index contributed by atoms with van der Waals surface area (Å²) in [5, 5.41) is 5.94. The van der Waals surface area contributed by atoms with Crippen LogP contribution in [0.15, 0.2) is 18.7 Å². The minimum absolute atomic E-state index is 0.0702. The molecule has 10 heteroatoms. The molecule has 0 aliphatic carbocycles. The number of nitrogen functional groups attached to an aromatic ring is 1. The molecule has 0 radical (unpaired) electrons. The summed E-state index contributed by atoms with van der Waals surface area (Å²) in [7, 11) is 0. The lowest BCUT2D eigenvalue weighted by Crippen LogP contribution is -2.32. The maximum Gasteiger partial charge on any atom is 0.243 e. The lowest BCUT2D eigenvalue weighted by atomic mass is 10.2. The van der Waals surface area contributed by atoms with Crippen LogP contribution in [0.4, 0.5) is 11.9 Å². The van der Waals surface area contributed by atoms with Gasteiger partial charge in [-0.1, -0.05) is 0 Å². The Balaban J connectivity index is 1.75. The Kier molecular flexibility index (Phi) is 3.60. The highest BCUT2D eigenvalue weighted by Gasteiger charge is 2.20. The number of aromatic nitrogens is 5. The van der Waals surface area contributed by atoms with Gasteiger partial charge in [0.2, 0.25) is 23.8 Å². The van der Waals surface area contributed by atoms with Gasteiger partial charge in [-0.25, -0.2) is 10.8 Å². The van der Waals surface area contributed by atoms with Crippen molar-refractivity contribution in [2.75, 3.05) is 17.3 Å². The van der Waals surface area contributed by atoms with E-state index in [9.17, 15) is 4.79 Å². The predicted octanol–water partition coefficient (Wildman–Crippen LogP) is -0.967. The first kappa shape index (κ1) is 13.2. The highest BCUT2D eigenvalue weighted by atomic mass is 16.1. The van der Waals surface area contributed by atoms with Crippen LogP contribution < -0.4 is 21.9 Å². The molecule has 1 unspecified atom stereocenters. The van der Waals surface area contributed by atoms with Crippen LogP contribution in [0, 0.1) is 0 Å². The van der Waals surface area contributed by atoms with E-state index in [0.29, 0.717) is 24.9 Å². The third-order valence-corrected chi connectivity index (χ3v) is 3.08. The standard InChI is InChI=1S/C11H15N9O/c12-19-10-16-9(14-5-7-1-2-8(21)15-7)17-11(18-10)20-4-3-13-6-20/h3-4,6-7H,1-2,5,12H2,(H,15,21)(H2,14,16,17,18,19). The number of nitrogens with two attached hydrogens (primary N) is 1. The van der Waals surface area contributed by atoms with Crippen molar-refractivity contribution in [1.29, 1.82) is 0 Å². The Labute approximate surface area is 120 Å². The van der Waals surface area contributed by atoms with Gasteiger partial charge in [0.05, 0.1) is 0 Å². The lowest BCUT2D eigenvalue weighted by molar-refractivity contribution is -0.119. The molecular weight excluding hydrogens is 274 g/mol. The second-order valence-corrected chi connectivity index (χ2v) is 4.58. The van der Waals surface area contributed by atoms with E-state index in [4.69, 9.17) is 5.84 Å². The Morgan fingerprint density at radius 2 is 2.24 bits per heavy atom. The molecule has 0 aromatic carbocycles. The molecule has 110 valence electrons. The summed E-state index contributed by atoms with van der Waals surface area (Å²) in [5.41, 5.74) is 2.40. The van der Waals surface area contributed by atoms with Crippen molar-refractivity contribution >= 4 is 17.8 Å². The smallest absolute Gasteiger partial charge is 0.243 e. The van der Waals surface area contributed by atoms with Gasteiger partial charge >= 0.3 is 0 Å². The quantitative estimate of drug-likeness (QED) is 0.408. The lowest BCUT2D eigenvalue weighted by Gasteiger charge is -2.12. The van der Waals surface area contributed by atoms with Crippen LogP contribution >= 0.6 is 0 Å². The zero-order valence-electron chi connectivity index (χ0n) is 11.2.